The van der Waals surface area contributed by atoms with E-state index in [9.17, 15) is 5.11 Å². The summed E-state index contributed by atoms with van der Waals surface area (Å²) in [6.45, 7) is 0.0105. The third-order valence-corrected chi connectivity index (χ3v) is 4.43. The van der Waals surface area contributed by atoms with Gasteiger partial charge in [0, 0.05) is 25.2 Å². The highest BCUT2D eigenvalue weighted by Gasteiger charge is 2.11. The molecule has 0 radical (unpaired) electrons. The van der Waals surface area contributed by atoms with Crippen LogP contribution in [0.5, 0.6) is 0 Å². The van der Waals surface area contributed by atoms with Crippen LogP contribution in [0.4, 0.5) is 0 Å². The Morgan fingerprint density at radius 1 is 1.25 bits per heavy atom. The predicted octanol–water partition coefficient (Wildman–Crippen LogP) is 2.09. The van der Waals surface area contributed by atoms with Crippen molar-refractivity contribution in [3.05, 3.63) is 41.9 Å². The molecule has 1 N–H and O–H groups in total. The van der Waals surface area contributed by atoms with Crippen molar-refractivity contribution in [2.24, 2.45) is 14.1 Å². The Morgan fingerprint density at radius 3 is 2.80 bits per heavy atom. The first kappa shape index (κ1) is 13.2. The Labute approximate surface area is 121 Å². The van der Waals surface area contributed by atoms with Gasteiger partial charge in [-0.15, -0.1) is 0 Å². The minimum atomic E-state index is 0.0105. The van der Waals surface area contributed by atoms with E-state index in [4.69, 9.17) is 0 Å². The van der Waals surface area contributed by atoms with Crippen molar-refractivity contribution in [1.29, 1.82) is 0 Å². The maximum atomic E-state index is 9.18. The van der Waals surface area contributed by atoms with Crippen LogP contribution < -0.4 is 0 Å². The van der Waals surface area contributed by atoms with Gasteiger partial charge in [0.05, 0.1) is 29.7 Å². The number of thioether (sulfide) groups is 1. The molecule has 1 aromatic carbocycles. The first-order valence-corrected chi connectivity index (χ1v) is 7.34. The Kier molecular flexibility index (Phi) is 3.50. The number of aryl methyl sites for hydroxylation is 1. The first-order chi connectivity index (χ1) is 9.70. The summed E-state index contributed by atoms with van der Waals surface area (Å²) in [7, 11) is 3.87. The quantitative estimate of drug-likeness (QED) is 0.747. The Hall–Kier alpha value is -1.79. The SMILES string of the molecule is Cn1c(CO)cnc1SCc1nn(C)c2ccccc12. The van der Waals surface area contributed by atoms with E-state index in [2.05, 4.69) is 22.2 Å². The Balaban J connectivity index is 1.85. The van der Waals surface area contributed by atoms with Crippen LogP contribution in [-0.2, 0) is 26.5 Å². The second-order valence-electron chi connectivity index (χ2n) is 4.63. The van der Waals surface area contributed by atoms with Crippen LogP contribution in [0.25, 0.3) is 10.9 Å². The highest BCUT2D eigenvalue weighted by atomic mass is 32.2. The van der Waals surface area contributed by atoms with Crippen molar-refractivity contribution < 1.29 is 5.11 Å². The van der Waals surface area contributed by atoms with Crippen molar-refractivity contribution in [2.45, 2.75) is 17.5 Å². The lowest BCUT2D eigenvalue weighted by Crippen LogP contribution is -1.97. The van der Waals surface area contributed by atoms with Crippen LogP contribution in [0.2, 0.25) is 0 Å². The van der Waals surface area contributed by atoms with Crippen LogP contribution in [0.1, 0.15) is 11.4 Å². The fourth-order valence-electron chi connectivity index (χ4n) is 2.23. The molecule has 3 aromatic rings. The first-order valence-electron chi connectivity index (χ1n) is 6.35. The normalized spacial score (nSPS) is 11.3. The van der Waals surface area contributed by atoms with Crippen molar-refractivity contribution >= 4 is 22.7 Å². The number of rotatable bonds is 4. The monoisotopic (exact) mass is 288 g/mol. The number of aromatic nitrogens is 4. The van der Waals surface area contributed by atoms with Gasteiger partial charge in [0.2, 0.25) is 0 Å². The van der Waals surface area contributed by atoms with Crippen LogP contribution in [-0.4, -0.2) is 24.4 Å². The smallest absolute Gasteiger partial charge is 0.168 e. The van der Waals surface area contributed by atoms with E-state index >= 15 is 0 Å². The van der Waals surface area contributed by atoms with E-state index in [1.165, 1.54) is 5.39 Å². The van der Waals surface area contributed by atoms with Gasteiger partial charge in [0.15, 0.2) is 5.16 Å². The van der Waals surface area contributed by atoms with E-state index in [0.717, 1.165) is 27.8 Å². The second-order valence-corrected chi connectivity index (χ2v) is 5.57. The van der Waals surface area contributed by atoms with Crippen molar-refractivity contribution in [3.8, 4) is 0 Å². The van der Waals surface area contributed by atoms with Crippen molar-refractivity contribution in [3.63, 3.8) is 0 Å². The fourth-order valence-corrected chi connectivity index (χ4v) is 3.15. The molecule has 0 spiro atoms. The fraction of sp³-hybridized carbons (Fsp3) is 0.286. The maximum Gasteiger partial charge on any atom is 0.168 e. The lowest BCUT2D eigenvalue weighted by atomic mass is 10.2. The summed E-state index contributed by atoms with van der Waals surface area (Å²) in [5.74, 6) is 0.761. The van der Waals surface area contributed by atoms with Crippen molar-refractivity contribution in [1.82, 2.24) is 19.3 Å². The molecule has 2 heterocycles. The Bertz CT molecular complexity index is 747. The third-order valence-electron chi connectivity index (χ3n) is 3.38. The third kappa shape index (κ3) is 2.21. The van der Waals surface area contributed by atoms with Gasteiger partial charge in [-0.2, -0.15) is 5.10 Å². The molecule has 20 heavy (non-hydrogen) atoms. The number of hydrogen-bond donors (Lipinski definition) is 1. The molecule has 0 unspecified atom stereocenters. The minimum absolute atomic E-state index is 0.0105. The van der Waals surface area contributed by atoms with Crippen LogP contribution in [0, 0.1) is 0 Å². The summed E-state index contributed by atoms with van der Waals surface area (Å²) >= 11 is 1.63. The zero-order valence-corrected chi connectivity index (χ0v) is 12.3. The number of benzene rings is 1. The second kappa shape index (κ2) is 5.30. The number of para-hydroxylation sites is 1. The van der Waals surface area contributed by atoms with Crippen LogP contribution >= 0.6 is 11.8 Å². The average molecular weight is 288 g/mol. The van der Waals surface area contributed by atoms with Crippen LogP contribution in [0.15, 0.2) is 35.6 Å². The number of fused-ring (bicyclic) bond motifs is 1. The number of aliphatic hydroxyl groups is 1. The average Bonchev–Trinajstić information content (AvgIpc) is 2.98. The topological polar surface area (TPSA) is 55.9 Å². The van der Waals surface area contributed by atoms with E-state index in [1.54, 1.807) is 18.0 Å². The molecule has 5 nitrogen and oxygen atoms in total. The number of nitrogens with zero attached hydrogens (tertiary/aromatic N) is 4. The molecule has 0 aliphatic carbocycles. The standard InChI is InChI=1S/C14H16N4OS/c1-17-10(8-19)7-15-14(17)20-9-12-11-5-3-4-6-13(11)18(2)16-12/h3-7,19H,8-9H2,1-2H3. The summed E-state index contributed by atoms with van der Waals surface area (Å²) in [5.41, 5.74) is 3.01. The molecule has 0 saturated carbocycles. The molecule has 2 aromatic heterocycles. The van der Waals surface area contributed by atoms with E-state index in [-0.39, 0.29) is 6.61 Å². The number of hydrogen-bond acceptors (Lipinski definition) is 4. The van der Waals surface area contributed by atoms with Crippen LogP contribution in [0.3, 0.4) is 0 Å². The van der Waals surface area contributed by atoms with Gasteiger partial charge >= 0.3 is 0 Å². The molecule has 0 atom stereocenters. The van der Waals surface area contributed by atoms with Gasteiger partial charge in [0.25, 0.3) is 0 Å². The molecule has 0 aliphatic heterocycles. The van der Waals surface area contributed by atoms with Gasteiger partial charge in [-0.1, -0.05) is 30.0 Å². The molecule has 3 rings (SSSR count). The lowest BCUT2D eigenvalue weighted by molar-refractivity contribution is 0.271. The molecule has 0 aliphatic rings. The molecular weight excluding hydrogens is 272 g/mol. The zero-order valence-electron chi connectivity index (χ0n) is 11.4. The summed E-state index contributed by atoms with van der Waals surface area (Å²) in [4.78, 5) is 4.32. The molecule has 0 bridgehead atoms. The molecular formula is C14H16N4OS. The highest BCUT2D eigenvalue weighted by Crippen LogP contribution is 2.26. The summed E-state index contributed by atoms with van der Waals surface area (Å²) in [6, 6.07) is 8.22. The molecule has 104 valence electrons. The molecule has 0 amide bonds. The van der Waals surface area contributed by atoms with E-state index in [0.29, 0.717) is 0 Å². The van der Waals surface area contributed by atoms with Gasteiger partial charge < -0.3 is 9.67 Å². The lowest BCUT2D eigenvalue weighted by Gasteiger charge is -2.02. The highest BCUT2D eigenvalue weighted by molar-refractivity contribution is 7.98. The number of aliphatic hydroxyl groups excluding tert-OH is 1. The molecule has 0 saturated heterocycles. The summed E-state index contributed by atoms with van der Waals surface area (Å²) in [5, 5.41) is 15.8. The zero-order chi connectivity index (χ0) is 14.1. The summed E-state index contributed by atoms with van der Waals surface area (Å²) < 4.78 is 3.82. The maximum absolute atomic E-state index is 9.18. The van der Waals surface area contributed by atoms with E-state index < -0.39 is 0 Å². The van der Waals surface area contributed by atoms with Gasteiger partial charge in [-0.05, 0) is 6.07 Å². The van der Waals surface area contributed by atoms with E-state index in [1.807, 2.05) is 35.5 Å². The minimum Gasteiger partial charge on any atom is -0.390 e. The summed E-state index contributed by atoms with van der Waals surface area (Å²) in [6.07, 6.45) is 1.71. The molecule has 0 fully saturated rings. The van der Waals surface area contributed by atoms with Gasteiger partial charge in [-0.3, -0.25) is 4.68 Å². The van der Waals surface area contributed by atoms with Gasteiger partial charge in [0.1, 0.15) is 0 Å². The number of imidazole rings is 1. The molecule has 6 heteroatoms. The predicted molar refractivity (Wildman–Crippen MR) is 79.4 cm³/mol. The van der Waals surface area contributed by atoms with Crippen molar-refractivity contribution in [2.75, 3.05) is 0 Å². The Morgan fingerprint density at radius 2 is 2.05 bits per heavy atom. The van der Waals surface area contributed by atoms with Gasteiger partial charge in [-0.25, -0.2) is 4.98 Å². The largest absolute Gasteiger partial charge is 0.390 e.